The summed E-state index contributed by atoms with van der Waals surface area (Å²) in [7, 11) is 0. The number of aryl methyl sites for hydroxylation is 3. The number of hydrogen-bond acceptors (Lipinski definition) is 4. The van der Waals surface area contributed by atoms with Gasteiger partial charge >= 0.3 is 5.97 Å². The van der Waals surface area contributed by atoms with Crippen LogP contribution in [0.15, 0.2) is 12.1 Å². The van der Waals surface area contributed by atoms with Crippen molar-refractivity contribution < 1.29 is 9.90 Å². The van der Waals surface area contributed by atoms with Crippen LogP contribution in [0.25, 0.3) is 11.4 Å². The van der Waals surface area contributed by atoms with Gasteiger partial charge in [-0.25, -0.2) is 4.68 Å². The van der Waals surface area contributed by atoms with E-state index in [4.69, 9.17) is 5.11 Å². The molecule has 0 saturated heterocycles. The molecule has 106 valence electrons. The Bertz CT molecular complexity index is 625. The summed E-state index contributed by atoms with van der Waals surface area (Å²) in [6.07, 6.45) is 0. The van der Waals surface area contributed by atoms with E-state index >= 15 is 0 Å². The number of benzene rings is 1. The molecule has 0 aliphatic rings. The van der Waals surface area contributed by atoms with Crippen LogP contribution in [0.2, 0.25) is 0 Å². The summed E-state index contributed by atoms with van der Waals surface area (Å²) in [5, 5.41) is 20.7. The normalized spacial score (nSPS) is 12.4. The zero-order valence-electron chi connectivity index (χ0n) is 12.1. The quantitative estimate of drug-likeness (QED) is 0.922. The highest BCUT2D eigenvalue weighted by atomic mass is 16.4. The molecular weight excluding hydrogens is 256 g/mol. The largest absolute Gasteiger partial charge is 0.481 e. The van der Waals surface area contributed by atoms with E-state index in [-0.39, 0.29) is 6.54 Å². The van der Waals surface area contributed by atoms with Crippen molar-refractivity contribution in [1.29, 1.82) is 0 Å². The molecular formula is C14H18N4O2. The minimum absolute atomic E-state index is 0.254. The zero-order chi connectivity index (χ0) is 14.9. The second-order valence-corrected chi connectivity index (χ2v) is 5.20. The molecule has 2 aromatic rings. The number of nitrogens with zero attached hydrogens (tertiary/aromatic N) is 4. The molecule has 0 fully saturated rings. The van der Waals surface area contributed by atoms with E-state index in [2.05, 4.69) is 27.7 Å². The lowest BCUT2D eigenvalue weighted by molar-refractivity contribution is -0.141. The molecule has 1 unspecified atom stereocenters. The number of carboxylic acid groups (broad SMARTS) is 1. The molecule has 1 aromatic heterocycles. The first-order chi connectivity index (χ1) is 9.40. The monoisotopic (exact) mass is 274 g/mol. The lowest BCUT2D eigenvalue weighted by Gasteiger charge is -2.12. The van der Waals surface area contributed by atoms with Crippen LogP contribution >= 0.6 is 0 Å². The minimum atomic E-state index is -0.858. The predicted octanol–water partition coefficient (Wildman–Crippen LogP) is 1.99. The molecule has 1 atom stereocenters. The third-order valence-corrected chi connectivity index (χ3v) is 3.30. The van der Waals surface area contributed by atoms with E-state index in [1.807, 2.05) is 20.8 Å². The first-order valence-electron chi connectivity index (χ1n) is 6.47. The molecule has 0 aliphatic heterocycles. The van der Waals surface area contributed by atoms with Gasteiger partial charge in [0.05, 0.1) is 12.5 Å². The fourth-order valence-electron chi connectivity index (χ4n) is 2.38. The van der Waals surface area contributed by atoms with Crippen molar-refractivity contribution in [3.63, 3.8) is 0 Å². The minimum Gasteiger partial charge on any atom is -0.481 e. The van der Waals surface area contributed by atoms with Gasteiger partial charge in [0.2, 0.25) is 0 Å². The van der Waals surface area contributed by atoms with Crippen LogP contribution in [-0.4, -0.2) is 31.3 Å². The Morgan fingerprint density at radius 2 is 1.90 bits per heavy atom. The molecule has 1 aromatic carbocycles. The van der Waals surface area contributed by atoms with Gasteiger partial charge in [0.1, 0.15) is 0 Å². The van der Waals surface area contributed by atoms with Crippen molar-refractivity contribution in [2.45, 2.75) is 34.2 Å². The first-order valence-corrected chi connectivity index (χ1v) is 6.47. The van der Waals surface area contributed by atoms with Gasteiger partial charge in [-0.3, -0.25) is 4.79 Å². The molecule has 0 spiro atoms. The number of carboxylic acids is 1. The van der Waals surface area contributed by atoms with Gasteiger partial charge in [-0.2, -0.15) is 0 Å². The molecule has 0 bridgehead atoms. The summed E-state index contributed by atoms with van der Waals surface area (Å²) in [6.45, 7) is 7.95. The molecule has 0 amide bonds. The molecule has 2 rings (SSSR count). The summed E-state index contributed by atoms with van der Waals surface area (Å²) in [5.41, 5.74) is 4.32. The Morgan fingerprint density at radius 3 is 2.45 bits per heavy atom. The van der Waals surface area contributed by atoms with E-state index in [9.17, 15) is 4.79 Å². The van der Waals surface area contributed by atoms with Gasteiger partial charge in [-0.1, -0.05) is 24.6 Å². The number of aliphatic carboxylic acids is 1. The molecule has 20 heavy (non-hydrogen) atoms. The number of rotatable bonds is 4. The zero-order valence-corrected chi connectivity index (χ0v) is 12.1. The maximum Gasteiger partial charge on any atom is 0.308 e. The summed E-state index contributed by atoms with van der Waals surface area (Å²) >= 11 is 0. The fraction of sp³-hybridized carbons (Fsp3) is 0.429. The predicted molar refractivity (Wildman–Crippen MR) is 74.3 cm³/mol. The van der Waals surface area contributed by atoms with Crippen molar-refractivity contribution in [2.75, 3.05) is 0 Å². The van der Waals surface area contributed by atoms with Gasteiger partial charge in [-0.15, -0.1) is 5.10 Å². The van der Waals surface area contributed by atoms with Gasteiger partial charge in [0, 0.05) is 5.56 Å². The highest BCUT2D eigenvalue weighted by Crippen LogP contribution is 2.26. The maximum absolute atomic E-state index is 11.0. The average molecular weight is 274 g/mol. The fourth-order valence-corrected chi connectivity index (χ4v) is 2.38. The van der Waals surface area contributed by atoms with Crippen LogP contribution in [0.5, 0.6) is 0 Å². The summed E-state index contributed by atoms with van der Waals surface area (Å²) in [5.74, 6) is -0.778. The Labute approximate surface area is 117 Å². The summed E-state index contributed by atoms with van der Waals surface area (Å²) in [4.78, 5) is 11.0. The summed E-state index contributed by atoms with van der Waals surface area (Å²) in [6, 6.07) is 4.14. The number of tetrazole rings is 1. The van der Waals surface area contributed by atoms with Gasteiger partial charge in [0.15, 0.2) is 5.82 Å². The van der Waals surface area contributed by atoms with Crippen LogP contribution in [0.1, 0.15) is 23.6 Å². The van der Waals surface area contributed by atoms with Crippen LogP contribution in [-0.2, 0) is 11.3 Å². The van der Waals surface area contributed by atoms with Gasteiger partial charge < -0.3 is 5.11 Å². The standard InChI is InChI=1S/C14H18N4O2/c1-8-5-9(2)12(10(3)6-8)13-15-16-17-18(13)7-11(4)14(19)20/h5-6,11H,7H2,1-4H3,(H,19,20). The van der Waals surface area contributed by atoms with Crippen LogP contribution in [0, 0.1) is 26.7 Å². The van der Waals surface area contributed by atoms with Crippen molar-refractivity contribution in [1.82, 2.24) is 20.2 Å². The van der Waals surface area contributed by atoms with E-state index in [0.717, 1.165) is 16.7 Å². The first kappa shape index (κ1) is 14.2. The molecule has 1 N–H and O–H groups in total. The second kappa shape index (κ2) is 5.40. The molecule has 6 nitrogen and oxygen atoms in total. The Morgan fingerprint density at radius 1 is 1.30 bits per heavy atom. The Hall–Kier alpha value is -2.24. The molecule has 0 radical (unpaired) electrons. The van der Waals surface area contributed by atoms with E-state index in [1.54, 1.807) is 11.6 Å². The van der Waals surface area contributed by atoms with Crippen molar-refractivity contribution in [2.24, 2.45) is 5.92 Å². The highest BCUT2D eigenvalue weighted by Gasteiger charge is 2.18. The van der Waals surface area contributed by atoms with E-state index < -0.39 is 11.9 Å². The van der Waals surface area contributed by atoms with Gasteiger partial charge in [-0.05, 0) is 42.3 Å². The van der Waals surface area contributed by atoms with Crippen LogP contribution < -0.4 is 0 Å². The van der Waals surface area contributed by atoms with E-state index in [0.29, 0.717) is 5.82 Å². The summed E-state index contributed by atoms with van der Waals surface area (Å²) < 4.78 is 1.56. The third kappa shape index (κ3) is 2.68. The van der Waals surface area contributed by atoms with Crippen molar-refractivity contribution in [3.05, 3.63) is 28.8 Å². The van der Waals surface area contributed by atoms with Crippen molar-refractivity contribution >= 4 is 5.97 Å². The lowest BCUT2D eigenvalue weighted by atomic mass is 9.99. The number of hydrogen-bond donors (Lipinski definition) is 1. The average Bonchev–Trinajstić information content (AvgIpc) is 2.75. The van der Waals surface area contributed by atoms with Crippen LogP contribution in [0.3, 0.4) is 0 Å². The maximum atomic E-state index is 11.0. The second-order valence-electron chi connectivity index (χ2n) is 5.20. The SMILES string of the molecule is Cc1cc(C)c(-c2nnnn2CC(C)C(=O)O)c(C)c1. The van der Waals surface area contributed by atoms with Gasteiger partial charge in [0.25, 0.3) is 0 Å². The number of carbonyl (C=O) groups is 1. The van der Waals surface area contributed by atoms with Crippen LogP contribution in [0.4, 0.5) is 0 Å². The Balaban J connectivity index is 2.45. The Kier molecular flexibility index (Phi) is 3.83. The van der Waals surface area contributed by atoms with E-state index in [1.165, 1.54) is 5.56 Å². The van der Waals surface area contributed by atoms with Crippen molar-refractivity contribution in [3.8, 4) is 11.4 Å². The molecule has 0 saturated carbocycles. The topological polar surface area (TPSA) is 80.9 Å². The molecule has 6 heteroatoms. The highest BCUT2D eigenvalue weighted by molar-refractivity contribution is 5.70. The smallest absolute Gasteiger partial charge is 0.308 e. The number of aromatic nitrogens is 4. The molecule has 1 heterocycles. The lowest BCUT2D eigenvalue weighted by Crippen LogP contribution is -2.18. The molecule has 0 aliphatic carbocycles. The third-order valence-electron chi connectivity index (χ3n) is 3.30.